The van der Waals surface area contributed by atoms with Gasteiger partial charge in [0.2, 0.25) is 5.56 Å². The van der Waals surface area contributed by atoms with Gasteiger partial charge in [-0.05, 0) is 24.8 Å². The highest BCUT2D eigenvalue weighted by atomic mass is 32.3. The van der Waals surface area contributed by atoms with Crippen molar-refractivity contribution in [2.45, 2.75) is 4.90 Å². The Morgan fingerprint density at radius 3 is 2.27 bits per heavy atom. The second-order valence-electron chi connectivity index (χ2n) is 3.23. The van der Waals surface area contributed by atoms with Gasteiger partial charge in [-0.15, -0.1) is 0 Å². The van der Waals surface area contributed by atoms with Gasteiger partial charge in [-0.3, -0.25) is 4.79 Å². The summed E-state index contributed by atoms with van der Waals surface area (Å²) in [5, 5.41) is 0. The average Bonchev–Trinajstić information content (AvgIpc) is 1.86. The third kappa shape index (κ3) is 2.12. The van der Waals surface area contributed by atoms with E-state index in [0.717, 1.165) is 0 Å². The first-order valence-electron chi connectivity index (χ1n) is 3.37. The largest absolute Gasteiger partial charge is 0.328 e. The van der Waals surface area contributed by atoms with Gasteiger partial charge in [0.05, 0.1) is 0 Å². The molecule has 0 saturated heterocycles. The van der Waals surface area contributed by atoms with Crippen molar-refractivity contribution < 1.29 is 0 Å². The highest BCUT2D eigenvalue weighted by Crippen LogP contribution is 2.43. The molecule has 1 rings (SSSR count). The van der Waals surface area contributed by atoms with Crippen LogP contribution in [-0.2, 0) is 0 Å². The summed E-state index contributed by atoms with van der Waals surface area (Å²) in [7, 11) is -0.690. The van der Waals surface area contributed by atoms with E-state index >= 15 is 0 Å². The molecule has 0 atom stereocenters. The van der Waals surface area contributed by atoms with Gasteiger partial charge in [-0.25, -0.2) is 10.0 Å². The van der Waals surface area contributed by atoms with Crippen molar-refractivity contribution in [2.75, 3.05) is 18.8 Å². The van der Waals surface area contributed by atoms with Gasteiger partial charge in [-0.1, -0.05) is 0 Å². The van der Waals surface area contributed by atoms with Crippen molar-refractivity contribution in [1.82, 2.24) is 4.98 Å². The third-order valence-electron chi connectivity index (χ3n) is 1.46. The minimum atomic E-state index is -0.690. The van der Waals surface area contributed by atoms with E-state index in [1.165, 1.54) is 4.90 Å². The third-order valence-corrected chi connectivity index (χ3v) is 3.13. The minimum absolute atomic E-state index is 0.0302. The SMILES string of the molecule is CS(C)(C)c1ccc(=O)[nH]c1. The van der Waals surface area contributed by atoms with E-state index in [1.54, 1.807) is 12.3 Å². The lowest BCUT2D eigenvalue weighted by Crippen LogP contribution is -2.04. The molecule has 1 N–H and O–H groups in total. The van der Waals surface area contributed by atoms with Crippen LogP contribution in [0.1, 0.15) is 0 Å². The van der Waals surface area contributed by atoms with Crippen molar-refractivity contribution >= 4 is 10.0 Å². The lowest BCUT2D eigenvalue weighted by atomic mass is 10.5. The Bertz CT molecular complexity index is 277. The summed E-state index contributed by atoms with van der Waals surface area (Å²) >= 11 is 0. The summed E-state index contributed by atoms with van der Waals surface area (Å²) in [6.07, 6.45) is 8.39. The molecular weight excluding hydrogens is 158 g/mol. The van der Waals surface area contributed by atoms with Gasteiger partial charge in [0.1, 0.15) is 0 Å². The molecule has 0 radical (unpaired) electrons. The molecule has 1 heterocycles. The molecule has 0 saturated carbocycles. The molecule has 0 aliphatic carbocycles. The first kappa shape index (κ1) is 8.40. The quantitative estimate of drug-likeness (QED) is 0.681. The number of aromatic amines is 1. The number of nitrogens with one attached hydrogen (secondary N) is 1. The second-order valence-corrected chi connectivity index (χ2v) is 7.37. The molecule has 0 aliphatic heterocycles. The molecule has 1 aromatic rings. The summed E-state index contributed by atoms with van der Waals surface area (Å²) in [5.74, 6) is 0. The second kappa shape index (κ2) is 2.74. The van der Waals surface area contributed by atoms with Gasteiger partial charge >= 0.3 is 0 Å². The van der Waals surface area contributed by atoms with Crippen LogP contribution in [0.3, 0.4) is 0 Å². The highest BCUT2D eigenvalue weighted by molar-refractivity contribution is 8.32. The van der Waals surface area contributed by atoms with E-state index in [2.05, 4.69) is 23.8 Å². The molecule has 0 unspecified atom stereocenters. The molecule has 0 aromatic carbocycles. The predicted octanol–water partition coefficient (Wildman–Crippen LogP) is 1.43. The zero-order valence-electron chi connectivity index (χ0n) is 7.05. The first-order chi connectivity index (χ1) is 5.00. The van der Waals surface area contributed by atoms with Crippen LogP contribution in [-0.4, -0.2) is 23.8 Å². The van der Waals surface area contributed by atoms with E-state index < -0.39 is 10.0 Å². The van der Waals surface area contributed by atoms with Crippen LogP contribution < -0.4 is 5.56 Å². The predicted molar refractivity (Wildman–Crippen MR) is 50.7 cm³/mol. The fourth-order valence-corrected chi connectivity index (χ4v) is 1.67. The molecule has 0 fully saturated rings. The van der Waals surface area contributed by atoms with Crippen molar-refractivity contribution in [3.8, 4) is 0 Å². The number of pyridine rings is 1. The molecular formula is C8H13NOS. The minimum Gasteiger partial charge on any atom is -0.328 e. The standard InChI is InChI=1S/C8H13NOS/c1-11(2,3)7-4-5-8(10)9-6-7/h4-6H,1-3H3,(H,9,10). The summed E-state index contributed by atoms with van der Waals surface area (Å²) in [6, 6.07) is 3.47. The maximum Gasteiger partial charge on any atom is 0.247 e. The Labute approximate surface area is 68.0 Å². The number of hydrogen-bond acceptors (Lipinski definition) is 1. The number of H-pyrrole nitrogens is 1. The number of hydrogen-bond donors (Lipinski definition) is 1. The molecule has 11 heavy (non-hydrogen) atoms. The smallest absolute Gasteiger partial charge is 0.247 e. The number of rotatable bonds is 1. The van der Waals surface area contributed by atoms with E-state index in [-0.39, 0.29) is 5.56 Å². The van der Waals surface area contributed by atoms with Gasteiger partial charge < -0.3 is 4.98 Å². The molecule has 0 aliphatic rings. The normalized spacial score (nSPS) is 13.0. The monoisotopic (exact) mass is 171 g/mol. The Morgan fingerprint density at radius 1 is 1.27 bits per heavy atom. The van der Waals surface area contributed by atoms with Gasteiger partial charge in [0.15, 0.2) is 0 Å². The van der Waals surface area contributed by atoms with Gasteiger partial charge in [-0.2, -0.15) is 0 Å². The van der Waals surface area contributed by atoms with Crippen LogP contribution >= 0.6 is 10.0 Å². The average molecular weight is 171 g/mol. The molecule has 3 heteroatoms. The van der Waals surface area contributed by atoms with Crippen molar-refractivity contribution in [3.63, 3.8) is 0 Å². The van der Waals surface area contributed by atoms with E-state index in [4.69, 9.17) is 0 Å². The zero-order chi connectivity index (χ0) is 8.48. The van der Waals surface area contributed by atoms with Crippen molar-refractivity contribution in [3.05, 3.63) is 28.7 Å². The lowest BCUT2D eigenvalue weighted by Gasteiger charge is -2.24. The van der Waals surface area contributed by atoms with Crippen LogP contribution in [0.2, 0.25) is 0 Å². The van der Waals surface area contributed by atoms with Gasteiger partial charge in [0, 0.05) is 17.2 Å². The van der Waals surface area contributed by atoms with E-state index in [1.807, 2.05) is 6.07 Å². The van der Waals surface area contributed by atoms with Crippen LogP contribution in [0, 0.1) is 0 Å². The Hall–Kier alpha value is -0.700. The Kier molecular flexibility index (Phi) is 2.09. The summed E-state index contributed by atoms with van der Waals surface area (Å²) in [4.78, 5) is 14.6. The fourth-order valence-electron chi connectivity index (χ4n) is 0.777. The topological polar surface area (TPSA) is 32.9 Å². The number of aromatic nitrogens is 1. The maximum atomic E-state index is 10.7. The van der Waals surface area contributed by atoms with Crippen LogP contribution in [0.25, 0.3) is 0 Å². The van der Waals surface area contributed by atoms with Crippen LogP contribution in [0.15, 0.2) is 28.0 Å². The van der Waals surface area contributed by atoms with Gasteiger partial charge in [0.25, 0.3) is 0 Å². The summed E-state index contributed by atoms with van der Waals surface area (Å²) in [5.41, 5.74) is -0.0302. The van der Waals surface area contributed by atoms with E-state index in [0.29, 0.717) is 0 Å². The summed E-state index contributed by atoms with van der Waals surface area (Å²) in [6.45, 7) is 0. The highest BCUT2D eigenvalue weighted by Gasteiger charge is 2.06. The fraction of sp³-hybridized carbons (Fsp3) is 0.375. The molecule has 0 amide bonds. The zero-order valence-corrected chi connectivity index (χ0v) is 7.87. The molecule has 62 valence electrons. The lowest BCUT2D eigenvalue weighted by molar-refractivity contribution is 1.17. The molecule has 0 bridgehead atoms. The summed E-state index contributed by atoms with van der Waals surface area (Å²) < 4.78 is 0. The molecule has 1 aromatic heterocycles. The van der Waals surface area contributed by atoms with Crippen LogP contribution in [0.4, 0.5) is 0 Å². The van der Waals surface area contributed by atoms with Crippen molar-refractivity contribution in [2.24, 2.45) is 0 Å². The maximum absolute atomic E-state index is 10.7. The van der Waals surface area contributed by atoms with E-state index in [9.17, 15) is 4.79 Å². The Balaban J connectivity index is 3.09. The molecule has 2 nitrogen and oxygen atoms in total. The van der Waals surface area contributed by atoms with Crippen molar-refractivity contribution in [1.29, 1.82) is 0 Å². The molecule has 0 spiro atoms. The first-order valence-corrected chi connectivity index (χ1v) is 6.23. The Morgan fingerprint density at radius 2 is 1.91 bits per heavy atom. The van der Waals surface area contributed by atoms with Crippen LogP contribution in [0.5, 0.6) is 0 Å².